The number of nitrogens with zero attached hydrogens (tertiary/aromatic N) is 3. The molecular formula is C15H14N4O. The molecule has 0 aliphatic heterocycles. The fraction of sp³-hybridized carbons (Fsp3) is 0.133. The number of aromatic nitrogens is 3. The summed E-state index contributed by atoms with van der Waals surface area (Å²) in [5, 5.41) is 2.84. The fourth-order valence-electron chi connectivity index (χ4n) is 1.99. The number of hydrogen-bond donors (Lipinski definition) is 1. The predicted molar refractivity (Wildman–Crippen MR) is 75.0 cm³/mol. The van der Waals surface area contributed by atoms with Gasteiger partial charge in [0.15, 0.2) is 0 Å². The topological polar surface area (TPSA) is 59.3 Å². The van der Waals surface area contributed by atoms with Crippen molar-refractivity contribution >= 4 is 11.6 Å². The van der Waals surface area contributed by atoms with E-state index in [0.717, 1.165) is 17.0 Å². The van der Waals surface area contributed by atoms with Crippen molar-refractivity contribution in [1.29, 1.82) is 0 Å². The molecule has 1 amide bonds. The minimum absolute atomic E-state index is 0.0564. The van der Waals surface area contributed by atoms with E-state index in [1.165, 1.54) is 0 Å². The molecule has 0 atom stereocenters. The highest BCUT2D eigenvalue weighted by atomic mass is 16.1. The highest BCUT2D eigenvalue weighted by molar-refractivity contribution is 5.78. The van der Waals surface area contributed by atoms with Crippen LogP contribution in [0.4, 0.5) is 0 Å². The third-order valence-electron chi connectivity index (χ3n) is 2.95. The second kappa shape index (κ2) is 5.52. The first kappa shape index (κ1) is 12.3. The molecule has 0 radical (unpaired) electrons. The lowest BCUT2D eigenvalue weighted by Gasteiger charge is -2.02. The first-order valence-electron chi connectivity index (χ1n) is 6.40. The standard InChI is InChI=1S/C15H14N4O/c20-15(17-10-12-5-1-3-7-16-12)9-13-11-19-8-4-2-6-14(19)18-13/h1-8,11H,9-10H2,(H,17,20). The van der Waals surface area contributed by atoms with Crippen molar-refractivity contribution in [3.63, 3.8) is 0 Å². The average molecular weight is 266 g/mol. The van der Waals surface area contributed by atoms with Gasteiger partial charge < -0.3 is 9.72 Å². The summed E-state index contributed by atoms with van der Waals surface area (Å²) in [5.74, 6) is -0.0564. The smallest absolute Gasteiger partial charge is 0.226 e. The third-order valence-corrected chi connectivity index (χ3v) is 2.95. The average Bonchev–Trinajstić information content (AvgIpc) is 2.88. The lowest BCUT2D eigenvalue weighted by molar-refractivity contribution is -0.120. The van der Waals surface area contributed by atoms with Crippen LogP contribution in [-0.2, 0) is 17.8 Å². The van der Waals surface area contributed by atoms with Crippen LogP contribution in [-0.4, -0.2) is 20.3 Å². The van der Waals surface area contributed by atoms with E-state index in [2.05, 4.69) is 15.3 Å². The van der Waals surface area contributed by atoms with Gasteiger partial charge in [-0.2, -0.15) is 0 Å². The number of rotatable bonds is 4. The number of hydrogen-bond acceptors (Lipinski definition) is 3. The molecule has 3 rings (SSSR count). The van der Waals surface area contributed by atoms with Crippen LogP contribution in [0.1, 0.15) is 11.4 Å². The molecule has 5 heteroatoms. The Morgan fingerprint density at radius 2 is 2.05 bits per heavy atom. The third kappa shape index (κ3) is 2.83. The van der Waals surface area contributed by atoms with Crippen molar-refractivity contribution < 1.29 is 4.79 Å². The van der Waals surface area contributed by atoms with Crippen LogP contribution in [0.5, 0.6) is 0 Å². The molecule has 0 saturated heterocycles. The van der Waals surface area contributed by atoms with Gasteiger partial charge >= 0.3 is 0 Å². The Morgan fingerprint density at radius 3 is 2.85 bits per heavy atom. The van der Waals surface area contributed by atoms with Crippen molar-refractivity contribution in [3.8, 4) is 0 Å². The summed E-state index contributed by atoms with van der Waals surface area (Å²) in [5.41, 5.74) is 2.45. The van der Waals surface area contributed by atoms with Gasteiger partial charge in [-0.1, -0.05) is 12.1 Å². The maximum Gasteiger partial charge on any atom is 0.226 e. The molecule has 20 heavy (non-hydrogen) atoms. The van der Waals surface area contributed by atoms with Gasteiger partial charge in [-0.05, 0) is 24.3 Å². The number of pyridine rings is 2. The van der Waals surface area contributed by atoms with E-state index < -0.39 is 0 Å². The summed E-state index contributed by atoms with van der Waals surface area (Å²) in [6.45, 7) is 0.438. The van der Waals surface area contributed by atoms with E-state index in [1.807, 2.05) is 53.2 Å². The Kier molecular flexibility index (Phi) is 3.41. The predicted octanol–water partition coefficient (Wildman–Crippen LogP) is 1.59. The lowest BCUT2D eigenvalue weighted by atomic mass is 10.3. The van der Waals surface area contributed by atoms with Crippen molar-refractivity contribution in [3.05, 3.63) is 66.4 Å². The van der Waals surface area contributed by atoms with Crippen LogP contribution >= 0.6 is 0 Å². The molecule has 0 bridgehead atoms. The second-order valence-electron chi connectivity index (χ2n) is 4.47. The number of fused-ring (bicyclic) bond motifs is 1. The van der Waals surface area contributed by atoms with Gasteiger partial charge in [0.2, 0.25) is 5.91 Å². The van der Waals surface area contributed by atoms with Gasteiger partial charge in [-0.25, -0.2) is 4.98 Å². The van der Waals surface area contributed by atoms with Gasteiger partial charge in [-0.3, -0.25) is 9.78 Å². The molecule has 0 unspecified atom stereocenters. The van der Waals surface area contributed by atoms with Gasteiger partial charge in [0.1, 0.15) is 5.65 Å². The maximum absolute atomic E-state index is 11.9. The van der Waals surface area contributed by atoms with Gasteiger partial charge in [0, 0.05) is 18.6 Å². The van der Waals surface area contributed by atoms with Gasteiger partial charge in [0.25, 0.3) is 0 Å². The highest BCUT2D eigenvalue weighted by Crippen LogP contribution is 2.05. The highest BCUT2D eigenvalue weighted by Gasteiger charge is 2.07. The second-order valence-corrected chi connectivity index (χ2v) is 4.47. The Labute approximate surface area is 116 Å². The van der Waals surface area contributed by atoms with Crippen LogP contribution in [0.25, 0.3) is 5.65 Å². The molecule has 0 aromatic carbocycles. The zero-order valence-corrected chi connectivity index (χ0v) is 10.9. The molecule has 0 fully saturated rings. The molecular weight excluding hydrogens is 252 g/mol. The first-order valence-corrected chi connectivity index (χ1v) is 6.40. The normalized spacial score (nSPS) is 10.6. The fourth-order valence-corrected chi connectivity index (χ4v) is 1.99. The number of carbonyl (C=O) groups is 1. The van der Waals surface area contributed by atoms with E-state index in [-0.39, 0.29) is 12.3 Å². The van der Waals surface area contributed by atoms with E-state index in [9.17, 15) is 4.79 Å². The molecule has 3 heterocycles. The molecule has 5 nitrogen and oxygen atoms in total. The SMILES string of the molecule is O=C(Cc1cn2ccccc2n1)NCc1ccccn1. The van der Waals surface area contributed by atoms with Crippen LogP contribution in [0, 0.1) is 0 Å². The Bertz CT molecular complexity index is 688. The van der Waals surface area contributed by atoms with E-state index in [0.29, 0.717) is 6.54 Å². The molecule has 1 N–H and O–H groups in total. The van der Waals surface area contributed by atoms with Crippen molar-refractivity contribution in [2.75, 3.05) is 0 Å². The van der Waals surface area contributed by atoms with Gasteiger partial charge in [-0.15, -0.1) is 0 Å². The molecule has 0 aliphatic carbocycles. The molecule has 0 spiro atoms. The molecule has 0 aliphatic rings. The quantitative estimate of drug-likeness (QED) is 0.780. The maximum atomic E-state index is 11.9. The van der Waals surface area contributed by atoms with Crippen molar-refractivity contribution in [1.82, 2.24) is 19.7 Å². The molecule has 0 saturated carbocycles. The minimum Gasteiger partial charge on any atom is -0.350 e. The number of nitrogens with one attached hydrogen (secondary N) is 1. The summed E-state index contributed by atoms with van der Waals surface area (Å²) < 4.78 is 1.90. The molecule has 3 aromatic heterocycles. The van der Waals surface area contributed by atoms with Gasteiger partial charge in [0.05, 0.1) is 24.4 Å². The summed E-state index contributed by atoms with van der Waals surface area (Å²) in [7, 11) is 0. The monoisotopic (exact) mass is 266 g/mol. The first-order chi connectivity index (χ1) is 9.81. The summed E-state index contributed by atoms with van der Waals surface area (Å²) in [4.78, 5) is 20.4. The van der Waals surface area contributed by atoms with Crippen molar-refractivity contribution in [2.24, 2.45) is 0 Å². The van der Waals surface area contributed by atoms with Crippen LogP contribution < -0.4 is 5.32 Å². The van der Waals surface area contributed by atoms with Crippen LogP contribution in [0.15, 0.2) is 55.0 Å². The van der Waals surface area contributed by atoms with E-state index in [1.54, 1.807) is 6.20 Å². The van der Waals surface area contributed by atoms with E-state index in [4.69, 9.17) is 0 Å². The summed E-state index contributed by atoms with van der Waals surface area (Å²) in [6, 6.07) is 11.4. The Morgan fingerprint density at radius 1 is 1.15 bits per heavy atom. The van der Waals surface area contributed by atoms with E-state index >= 15 is 0 Å². The number of amides is 1. The summed E-state index contributed by atoms with van der Waals surface area (Å²) in [6.07, 6.45) is 5.77. The zero-order chi connectivity index (χ0) is 13.8. The minimum atomic E-state index is -0.0564. The molecule has 100 valence electrons. The number of imidazole rings is 1. The molecule has 3 aromatic rings. The Hall–Kier alpha value is -2.69. The zero-order valence-electron chi connectivity index (χ0n) is 10.9. The van der Waals surface area contributed by atoms with Crippen LogP contribution in [0.3, 0.4) is 0 Å². The lowest BCUT2D eigenvalue weighted by Crippen LogP contribution is -2.25. The number of carbonyl (C=O) groups excluding carboxylic acids is 1. The largest absolute Gasteiger partial charge is 0.350 e. The van der Waals surface area contributed by atoms with Crippen molar-refractivity contribution in [2.45, 2.75) is 13.0 Å². The van der Waals surface area contributed by atoms with Crippen LogP contribution in [0.2, 0.25) is 0 Å². The Balaban J connectivity index is 1.61. The summed E-state index contributed by atoms with van der Waals surface area (Å²) >= 11 is 0.